The molecule has 0 saturated carbocycles. The van der Waals surface area contributed by atoms with E-state index < -0.39 is 0 Å². The Hall–Kier alpha value is -0.360. The summed E-state index contributed by atoms with van der Waals surface area (Å²) in [5.41, 5.74) is 6.09. The van der Waals surface area contributed by atoms with Gasteiger partial charge in [-0.05, 0) is 52.7 Å². The lowest BCUT2D eigenvalue weighted by atomic mass is 10.2. The molecule has 0 fully saturated rings. The highest BCUT2D eigenvalue weighted by Crippen LogP contribution is 2.23. The van der Waals surface area contributed by atoms with E-state index in [2.05, 4.69) is 27.4 Å². The van der Waals surface area contributed by atoms with E-state index in [9.17, 15) is 4.39 Å². The van der Waals surface area contributed by atoms with Crippen LogP contribution in [0.15, 0.2) is 45.1 Å². The minimum absolute atomic E-state index is 0.116. The molecule has 0 bridgehead atoms. The summed E-state index contributed by atoms with van der Waals surface area (Å²) < 4.78 is 13.9. The van der Waals surface area contributed by atoms with Crippen molar-refractivity contribution in [1.29, 1.82) is 0 Å². The van der Waals surface area contributed by atoms with Crippen LogP contribution in [0.2, 0.25) is 0 Å². The number of thiophene rings is 1. The van der Waals surface area contributed by atoms with E-state index in [-0.39, 0.29) is 11.9 Å². The van der Waals surface area contributed by atoms with Crippen LogP contribution in [-0.4, -0.2) is 11.8 Å². The topological polar surface area (TPSA) is 26.0 Å². The Bertz CT molecular complexity index is 498. The minimum Gasteiger partial charge on any atom is -0.327 e. The molecule has 2 aromatic rings. The van der Waals surface area contributed by atoms with E-state index in [1.807, 2.05) is 0 Å². The third-order valence-corrected chi connectivity index (χ3v) is 5.28. The lowest BCUT2D eigenvalue weighted by molar-refractivity contribution is 0.626. The second kappa shape index (κ2) is 6.70. The van der Waals surface area contributed by atoms with Gasteiger partial charge in [0.2, 0.25) is 0 Å². The molecule has 0 saturated heterocycles. The second-order valence-electron chi connectivity index (χ2n) is 3.96. The lowest BCUT2D eigenvalue weighted by Gasteiger charge is -2.09. The molecule has 0 amide bonds. The third-order valence-electron chi connectivity index (χ3n) is 2.36. The Balaban J connectivity index is 1.81. The Labute approximate surface area is 123 Å². The van der Waals surface area contributed by atoms with Crippen LogP contribution >= 0.6 is 39.0 Å². The van der Waals surface area contributed by atoms with Crippen molar-refractivity contribution in [1.82, 2.24) is 0 Å². The second-order valence-corrected chi connectivity index (χ2v) is 6.97. The van der Waals surface area contributed by atoms with Crippen molar-refractivity contribution in [2.45, 2.75) is 17.4 Å². The van der Waals surface area contributed by atoms with Gasteiger partial charge in [-0.3, -0.25) is 0 Å². The predicted molar refractivity (Wildman–Crippen MR) is 80.8 cm³/mol. The van der Waals surface area contributed by atoms with Crippen LogP contribution in [0.3, 0.4) is 0 Å². The smallest absolute Gasteiger partial charge is 0.123 e. The van der Waals surface area contributed by atoms with E-state index >= 15 is 0 Å². The Kier molecular flexibility index (Phi) is 5.24. The van der Waals surface area contributed by atoms with Crippen molar-refractivity contribution in [2.75, 3.05) is 5.75 Å². The van der Waals surface area contributed by atoms with Crippen LogP contribution in [0.5, 0.6) is 0 Å². The standard InChI is InChI=1S/C13H13BrFNS2/c14-9-5-13(17-7-9)6-11(16)8-18-12-3-1-10(15)2-4-12/h1-5,7,11H,6,8,16H2. The molecule has 1 nitrogen and oxygen atoms in total. The van der Waals surface area contributed by atoms with Gasteiger partial charge in [0.05, 0.1) is 0 Å². The van der Waals surface area contributed by atoms with Gasteiger partial charge in [0, 0.05) is 31.4 Å². The monoisotopic (exact) mass is 345 g/mol. The summed E-state index contributed by atoms with van der Waals surface area (Å²) in [5, 5.41) is 2.06. The largest absolute Gasteiger partial charge is 0.327 e. The molecule has 0 aliphatic rings. The van der Waals surface area contributed by atoms with Gasteiger partial charge in [-0.2, -0.15) is 0 Å². The molecule has 0 aliphatic heterocycles. The normalized spacial score (nSPS) is 12.6. The third kappa shape index (κ3) is 4.39. The van der Waals surface area contributed by atoms with Crippen LogP contribution in [0, 0.1) is 5.82 Å². The maximum Gasteiger partial charge on any atom is 0.123 e. The molecule has 0 spiro atoms. The summed E-state index contributed by atoms with van der Waals surface area (Å²) >= 11 is 6.81. The first-order valence-corrected chi connectivity index (χ1v) is 8.16. The predicted octanol–water partition coefficient (Wildman–Crippen LogP) is 4.31. The van der Waals surface area contributed by atoms with Crippen LogP contribution in [-0.2, 0) is 6.42 Å². The fourth-order valence-corrected chi connectivity index (χ4v) is 3.91. The van der Waals surface area contributed by atoms with E-state index in [1.165, 1.54) is 17.0 Å². The zero-order valence-electron chi connectivity index (χ0n) is 9.61. The molecule has 0 radical (unpaired) electrons. The molecule has 18 heavy (non-hydrogen) atoms. The van der Waals surface area contributed by atoms with E-state index in [0.717, 1.165) is 21.5 Å². The van der Waals surface area contributed by atoms with Crippen molar-refractivity contribution in [3.63, 3.8) is 0 Å². The summed E-state index contributed by atoms with van der Waals surface area (Å²) in [6.45, 7) is 0. The number of benzene rings is 1. The number of rotatable bonds is 5. The summed E-state index contributed by atoms with van der Waals surface area (Å²) in [4.78, 5) is 2.34. The quantitative estimate of drug-likeness (QED) is 0.817. The first-order chi connectivity index (χ1) is 8.63. The summed E-state index contributed by atoms with van der Waals surface area (Å²) in [6, 6.07) is 8.75. The number of nitrogens with two attached hydrogens (primary N) is 1. The molecule has 2 rings (SSSR count). The SMILES string of the molecule is NC(CSc1ccc(F)cc1)Cc1cc(Br)cs1. The van der Waals surface area contributed by atoms with Crippen molar-refractivity contribution in [3.8, 4) is 0 Å². The van der Waals surface area contributed by atoms with E-state index in [4.69, 9.17) is 5.73 Å². The first-order valence-electron chi connectivity index (χ1n) is 5.50. The Morgan fingerprint density at radius 1 is 1.33 bits per heavy atom. The summed E-state index contributed by atoms with van der Waals surface area (Å²) in [6.07, 6.45) is 0.879. The number of hydrogen-bond acceptors (Lipinski definition) is 3. The number of halogens is 2. The van der Waals surface area contributed by atoms with Crippen LogP contribution in [0.25, 0.3) is 0 Å². The summed E-state index contributed by atoms with van der Waals surface area (Å²) in [5.74, 6) is 0.633. The van der Waals surface area contributed by atoms with Crippen molar-refractivity contribution in [2.24, 2.45) is 5.73 Å². The van der Waals surface area contributed by atoms with Gasteiger partial charge >= 0.3 is 0 Å². The van der Waals surface area contributed by atoms with E-state index in [0.29, 0.717) is 0 Å². The van der Waals surface area contributed by atoms with Gasteiger partial charge in [0.1, 0.15) is 5.82 Å². The molecule has 1 aromatic carbocycles. The van der Waals surface area contributed by atoms with Crippen molar-refractivity contribution < 1.29 is 4.39 Å². The number of hydrogen-bond donors (Lipinski definition) is 1. The van der Waals surface area contributed by atoms with Gasteiger partial charge in [-0.15, -0.1) is 23.1 Å². The van der Waals surface area contributed by atoms with Gasteiger partial charge < -0.3 is 5.73 Å². The maximum absolute atomic E-state index is 12.7. The average molecular weight is 346 g/mol. The molecule has 1 unspecified atom stereocenters. The minimum atomic E-state index is -0.202. The highest BCUT2D eigenvalue weighted by Gasteiger charge is 2.07. The van der Waals surface area contributed by atoms with Crippen LogP contribution in [0.4, 0.5) is 4.39 Å². The zero-order valence-corrected chi connectivity index (χ0v) is 12.8. The van der Waals surface area contributed by atoms with Crippen molar-refractivity contribution >= 4 is 39.0 Å². The molecule has 5 heteroatoms. The number of thioether (sulfide) groups is 1. The molecule has 1 heterocycles. The molecule has 0 aliphatic carbocycles. The molecule has 1 atom stereocenters. The van der Waals surface area contributed by atoms with E-state index in [1.54, 1.807) is 35.2 Å². The molecular formula is C13H13BrFNS2. The Morgan fingerprint density at radius 3 is 2.67 bits per heavy atom. The van der Waals surface area contributed by atoms with Gasteiger partial charge in [0.15, 0.2) is 0 Å². The highest BCUT2D eigenvalue weighted by atomic mass is 79.9. The first kappa shape index (κ1) is 14.1. The molecule has 2 N–H and O–H groups in total. The fraction of sp³-hybridized carbons (Fsp3) is 0.231. The van der Waals surface area contributed by atoms with Crippen LogP contribution in [0.1, 0.15) is 4.88 Å². The van der Waals surface area contributed by atoms with Crippen LogP contribution < -0.4 is 5.73 Å². The van der Waals surface area contributed by atoms with Gasteiger partial charge in [-0.25, -0.2) is 4.39 Å². The van der Waals surface area contributed by atoms with Gasteiger partial charge in [-0.1, -0.05) is 0 Å². The lowest BCUT2D eigenvalue weighted by Crippen LogP contribution is -2.25. The molecule has 96 valence electrons. The van der Waals surface area contributed by atoms with Crippen molar-refractivity contribution in [3.05, 3.63) is 50.9 Å². The zero-order chi connectivity index (χ0) is 13.0. The van der Waals surface area contributed by atoms with Gasteiger partial charge in [0.25, 0.3) is 0 Å². The fourth-order valence-electron chi connectivity index (χ4n) is 1.51. The average Bonchev–Trinajstić information content (AvgIpc) is 2.74. The molecular weight excluding hydrogens is 333 g/mol. The Morgan fingerprint density at radius 2 is 2.06 bits per heavy atom. The highest BCUT2D eigenvalue weighted by molar-refractivity contribution is 9.10. The maximum atomic E-state index is 12.7. The summed E-state index contributed by atoms with van der Waals surface area (Å²) in [7, 11) is 0. The molecule has 1 aromatic heterocycles.